The van der Waals surface area contributed by atoms with Gasteiger partial charge in [-0.1, -0.05) is 12.7 Å². The van der Waals surface area contributed by atoms with Crippen LogP contribution in [0.25, 0.3) is 11.3 Å². The molecule has 0 aliphatic rings. The normalized spacial score (nSPS) is 10.1. The van der Waals surface area contributed by atoms with Crippen molar-refractivity contribution in [3.05, 3.63) is 60.9 Å². The smallest absolute Gasteiger partial charge is 0.125 e. The molecule has 0 fully saturated rings. The van der Waals surface area contributed by atoms with Crippen LogP contribution in [0.1, 0.15) is 18.4 Å². The highest BCUT2D eigenvalue weighted by Gasteiger charge is 2.12. The average Bonchev–Trinajstić information content (AvgIpc) is 2.52. The Bertz CT molecular complexity index is 716. The molecule has 5 nitrogen and oxygen atoms in total. The van der Waals surface area contributed by atoms with Gasteiger partial charge in [-0.2, -0.15) is 0 Å². The Labute approximate surface area is 130 Å². The molecule has 0 radical (unpaired) electrons. The van der Waals surface area contributed by atoms with E-state index in [2.05, 4.69) is 33.4 Å². The molecule has 22 heavy (non-hydrogen) atoms. The van der Waals surface area contributed by atoms with Crippen molar-refractivity contribution < 1.29 is 0 Å². The van der Waals surface area contributed by atoms with E-state index in [4.69, 9.17) is 5.41 Å². The van der Waals surface area contributed by atoms with E-state index in [1.807, 2.05) is 19.1 Å². The zero-order chi connectivity index (χ0) is 16.1. The number of nitrogens with zero attached hydrogens (tertiary/aromatic N) is 3. The number of rotatable bonds is 6. The highest BCUT2D eigenvalue weighted by molar-refractivity contribution is 6.12. The second kappa shape index (κ2) is 6.76. The predicted molar refractivity (Wildman–Crippen MR) is 90.3 cm³/mol. The third-order valence-electron chi connectivity index (χ3n) is 3.07. The van der Waals surface area contributed by atoms with E-state index >= 15 is 0 Å². The van der Waals surface area contributed by atoms with Crippen LogP contribution in [0.5, 0.6) is 0 Å². The van der Waals surface area contributed by atoms with Crippen LogP contribution >= 0.6 is 0 Å². The Balaban J connectivity index is 2.48. The van der Waals surface area contributed by atoms with Crippen molar-refractivity contribution in [2.24, 2.45) is 0 Å². The molecule has 0 aliphatic carbocycles. The van der Waals surface area contributed by atoms with Crippen LogP contribution in [-0.4, -0.2) is 27.2 Å². The highest BCUT2D eigenvalue weighted by atomic mass is 14.9. The Kier molecular flexibility index (Phi) is 4.78. The van der Waals surface area contributed by atoms with E-state index in [-0.39, 0.29) is 0 Å². The molecule has 0 spiro atoms. The lowest BCUT2D eigenvalue weighted by atomic mass is 10.1. The van der Waals surface area contributed by atoms with Gasteiger partial charge in [0.15, 0.2) is 0 Å². The van der Waals surface area contributed by atoms with Crippen molar-refractivity contribution in [1.82, 2.24) is 15.0 Å². The quantitative estimate of drug-likeness (QED) is 0.632. The number of aryl methyl sites for hydroxylation is 1. The minimum absolute atomic E-state index is 0.307. The number of hydrogen-bond donors (Lipinski definition) is 2. The molecule has 0 aliphatic heterocycles. The molecule has 0 saturated heterocycles. The van der Waals surface area contributed by atoms with Crippen LogP contribution in [-0.2, 0) is 0 Å². The SMILES string of the molecule is C=CCNc1ccc(-c2cnc(C)nc2)nc1C(=N)C(=C)C. The fraction of sp³-hybridized carbons (Fsp3) is 0.176. The summed E-state index contributed by atoms with van der Waals surface area (Å²) in [4.78, 5) is 13.0. The van der Waals surface area contributed by atoms with Gasteiger partial charge in [0.25, 0.3) is 0 Å². The number of hydrogen-bond acceptors (Lipinski definition) is 5. The molecule has 0 atom stereocenters. The molecule has 0 amide bonds. The summed E-state index contributed by atoms with van der Waals surface area (Å²) >= 11 is 0. The summed E-state index contributed by atoms with van der Waals surface area (Å²) in [5, 5.41) is 11.4. The number of aromatic nitrogens is 3. The van der Waals surface area contributed by atoms with E-state index in [1.54, 1.807) is 25.4 Å². The van der Waals surface area contributed by atoms with Crippen molar-refractivity contribution in [1.29, 1.82) is 5.41 Å². The summed E-state index contributed by atoms with van der Waals surface area (Å²) in [6, 6.07) is 3.78. The fourth-order valence-corrected chi connectivity index (χ4v) is 1.86. The van der Waals surface area contributed by atoms with E-state index in [0.29, 0.717) is 29.3 Å². The van der Waals surface area contributed by atoms with Crippen molar-refractivity contribution in [3.63, 3.8) is 0 Å². The molecule has 2 aromatic rings. The van der Waals surface area contributed by atoms with Crippen molar-refractivity contribution in [3.8, 4) is 11.3 Å². The van der Waals surface area contributed by atoms with Gasteiger partial charge in [0.05, 0.1) is 17.1 Å². The zero-order valence-corrected chi connectivity index (χ0v) is 12.8. The first kappa shape index (κ1) is 15.6. The van der Waals surface area contributed by atoms with Gasteiger partial charge >= 0.3 is 0 Å². The maximum atomic E-state index is 8.19. The van der Waals surface area contributed by atoms with E-state index < -0.39 is 0 Å². The summed E-state index contributed by atoms with van der Waals surface area (Å²) < 4.78 is 0. The van der Waals surface area contributed by atoms with Gasteiger partial charge in [-0.3, -0.25) is 5.41 Å². The second-order valence-corrected chi connectivity index (χ2v) is 4.94. The van der Waals surface area contributed by atoms with E-state index in [0.717, 1.165) is 16.9 Å². The van der Waals surface area contributed by atoms with Crippen LogP contribution in [0.3, 0.4) is 0 Å². The lowest BCUT2D eigenvalue weighted by molar-refractivity contribution is 1.05. The lowest BCUT2D eigenvalue weighted by Crippen LogP contribution is -2.10. The van der Waals surface area contributed by atoms with Gasteiger partial charge in [0.1, 0.15) is 11.5 Å². The Morgan fingerprint density at radius 3 is 2.59 bits per heavy atom. The van der Waals surface area contributed by atoms with Gasteiger partial charge in [0, 0.05) is 24.5 Å². The standard InChI is InChI=1S/C17H19N5/c1-5-8-19-15-7-6-14(13-9-20-12(4)21-10-13)22-17(15)16(18)11(2)3/h5-7,9-10,18-19H,1-2,8H2,3-4H3. The minimum atomic E-state index is 0.307. The predicted octanol–water partition coefficient (Wildman–Crippen LogP) is 3.39. The van der Waals surface area contributed by atoms with E-state index in [9.17, 15) is 0 Å². The molecule has 0 bridgehead atoms. The minimum Gasteiger partial charge on any atom is -0.380 e. The maximum absolute atomic E-state index is 8.19. The van der Waals surface area contributed by atoms with Gasteiger partial charge < -0.3 is 5.32 Å². The summed E-state index contributed by atoms with van der Waals surface area (Å²) in [6.07, 6.45) is 5.22. The summed E-state index contributed by atoms with van der Waals surface area (Å²) in [5.74, 6) is 0.711. The summed E-state index contributed by atoms with van der Waals surface area (Å²) in [7, 11) is 0. The molecular weight excluding hydrogens is 274 g/mol. The van der Waals surface area contributed by atoms with Crippen LogP contribution in [0.4, 0.5) is 5.69 Å². The van der Waals surface area contributed by atoms with Crippen molar-refractivity contribution in [2.75, 3.05) is 11.9 Å². The Morgan fingerprint density at radius 1 is 1.32 bits per heavy atom. The number of pyridine rings is 1. The molecule has 0 saturated carbocycles. The van der Waals surface area contributed by atoms with E-state index in [1.165, 1.54) is 0 Å². The molecule has 0 unspecified atom stereocenters. The number of allylic oxidation sites excluding steroid dienone is 1. The first-order valence-corrected chi connectivity index (χ1v) is 6.92. The van der Waals surface area contributed by atoms with Gasteiger partial charge in [-0.25, -0.2) is 15.0 Å². The molecule has 2 N–H and O–H groups in total. The molecule has 2 rings (SSSR count). The van der Waals surface area contributed by atoms with Gasteiger partial charge in [-0.15, -0.1) is 6.58 Å². The van der Waals surface area contributed by atoms with Crippen molar-refractivity contribution in [2.45, 2.75) is 13.8 Å². The molecular formula is C17H19N5. The first-order valence-electron chi connectivity index (χ1n) is 6.92. The third kappa shape index (κ3) is 3.44. The highest BCUT2D eigenvalue weighted by Crippen LogP contribution is 2.22. The largest absolute Gasteiger partial charge is 0.380 e. The number of nitrogens with one attached hydrogen (secondary N) is 2. The Hall–Kier alpha value is -2.82. The molecule has 5 heteroatoms. The lowest BCUT2D eigenvalue weighted by Gasteiger charge is -2.13. The monoisotopic (exact) mass is 293 g/mol. The van der Waals surface area contributed by atoms with Gasteiger partial charge in [0.2, 0.25) is 0 Å². The molecule has 112 valence electrons. The van der Waals surface area contributed by atoms with Gasteiger partial charge in [-0.05, 0) is 31.6 Å². The maximum Gasteiger partial charge on any atom is 0.125 e. The van der Waals surface area contributed by atoms with Crippen LogP contribution in [0.15, 0.2) is 49.3 Å². The van der Waals surface area contributed by atoms with Crippen LogP contribution < -0.4 is 5.32 Å². The number of anilines is 1. The molecule has 0 aromatic carbocycles. The Morgan fingerprint density at radius 2 is 2.00 bits per heavy atom. The van der Waals surface area contributed by atoms with Crippen LogP contribution in [0.2, 0.25) is 0 Å². The average molecular weight is 293 g/mol. The third-order valence-corrected chi connectivity index (χ3v) is 3.07. The van der Waals surface area contributed by atoms with Crippen LogP contribution in [0, 0.1) is 12.3 Å². The molecule has 2 aromatic heterocycles. The topological polar surface area (TPSA) is 74.6 Å². The molecule has 2 heterocycles. The zero-order valence-electron chi connectivity index (χ0n) is 12.8. The second-order valence-electron chi connectivity index (χ2n) is 4.94. The summed E-state index contributed by atoms with van der Waals surface area (Å²) in [5.41, 5.74) is 3.85. The summed E-state index contributed by atoms with van der Waals surface area (Å²) in [6.45, 7) is 11.7. The first-order chi connectivity index (χ1) is 10.5. The fourth-order valence-electron chi connectivity index (χ4n) is 1.86. The van der Waals surface area contributed by atoms with Crippen molar-refractivity contribution >= 4 is 11.4 Å².